The molecule has 8 heteroatoms. The normalized spacial score (nSPS) is 29.0. The molecule has 0 aromatic heterocycles. The number of rotatable bonds is 2. The van der Waals surface area contributed by atoms with Crippen molar-refractivity contribution in [1.29, 1.82) is 0 Å². The first-order valence-corrected chi connectivity index (χ1v) is 4.59. The molecule has 1 N–H and O–H groups in total. The summed E-state index contributed by atoms with van der Waals surface area (Å²) < 4.78 is 4.94. The minimum absolute atomic E-state index is 0.0157. The molecule has 8 nitrogen and oxygen atoms in total. The number of carbonyl (C=O) groups is 3. The number of likely N-dealkylation sites (tertiary alicyclic amines) is 1. The number of ether oxygens (including phenoxy) is 1. The van der Waals surface area contributed by atoms with Gasteiger partial charge in [0, 0.05) is 12.8 Å². The second kappa shape index (κ2) is 4.16. The summed E-state index contributed by atoms with van der Waals surface area (Å²) in [6.07, 6.45) is -0.338. The molecule has 0 radical (unpaired) electrons. The standard InChI is InChI=1S/C8H9NO7/c10-5-1-4(2-6-14-3-15-16-6)9(5)7(11)8(12)13/h4,6H,1-3H2,(H,12,13)/t4-,6?/m1/s1. The summed E-state index contributed by atoms with van der Waals surface area (Å²) in [5.74, 6) is -3.38. The van der Waals surface area contributed by atoms with E-state index in [1.54, 1.807) is 0 Å². The van der Waals surface area contributed by atoms with Crippen LogP contribution in [0.2, 0.25) is 0 Å². The van der Waals surface area contributed by atoms with Crippen LogP contribution < -0.4 is 0 Å². The zero-order chi connectivity index (χ0) is 11.7. The van der Waals surface area contributed by atoms with Gasteiger partial charge in [0.25, 0.3) is 0 Å². The van der Waals surface area contributed by atoms with Crippen LogP contribution in [0.25, 0.3) is 0 Å². The summed E-state index contributed by atoms with van der Waals surface area (Å²) in [7, 11) is 0. The Labute approximate surface area is 89.6 Å². The van der Waals surface area contributed by atoms with E-state index in [0.29, 0.717) is 4.90 Å². The van der Waals surface area contributed by atoms with Gasteiger partial charge in [-0.2, -0.15) is 0 Å². The van der Waals surface area contributed by atoms with Gasteiger partial charge in [-0.3, -0.25) is 14.5 Å². The van der Waals surface area contributed by atoms with E-state index in [1.165, 1.54) is 0 Å². The third kappa shape index (κ3) is 1.90. The fourth-order valence-electron chi connectivity index (χ4n) is 1.62. The molecule has 2 atom stereocenters. The van der Waals surface area contributed by atoms with Crippen molar-refractivity contribution in [2.24, 2.45) is 0 Å². The quantitative estimate of drug-likeness (QED) is 0.363. The molecule has 0 aromatic carbocycles. The first kappa shape index (κ1) is 11.0. The molecule has 2 aliphatic rings. The lowest BCUT2D eigenvalue weighted by Crippen LogP contribution is -2.58. The molecule has 0 bridgehead atoms. The summed E-state index contributed by atoms with van der Waals surface area (Å²) >= 11 is 0. The van der Waals surface area contributed by atoms with Crippen LogP contribution in [0.4, 0.5) is 0 Å². The summed E-state index contributed by atoms with van der Waals surface area (Å²) in [6.45, 7) is -0.0157. The predicted octanol–water partition coefficient (Wildman–Crippen LogP) is -1.15. The molecular formula is C8H9NO7. The number of aliphatic carboxylic acids is 1. The van der Waals surface area contributed by atoms with Crippen molar-refractivity contribution in [2.45, 2.75) is 25.2 Å². The van der Waals surface area contributed by atoms with Crippen LogP contribution in [0.3, 0.4) is 0 Å². The number of hydrogen-bond acceptors (Lipinski definition) is 6. The number of carboxylic acid groups (broad SMARTS) is 1. The van der Waals surface area contributed by atoms with Crippen LogP contribution in [0.15, 0.2) is 0 Å². The highest BCUT2D eigenvalue weighted by atomic mass is 17.3. The fourth-order valence-corrected chi connectivity index (χ4v) is 1.62. The molecule has 0 aromatic rings. The SMILES string of the molecule is O=C(O)C(=O)N1C(=O)C[C@@H]1CC1OCOO1. The molecule has 2 aliphatic heterocycles. The molecule has 0 saturated carbocycles. The zero-order valence-corrected chi connectivity index (χ0v) is 8.12. The van der Waals surface area contributed by atoms with E-state index >= 15 is 0 Å². The maximum atomic E-state index is 11.1. The van der Waals surface area contributed by atoms with E-state index in [2.05, 4.69) is 9.78 Å². The van der Waals surface area contributed by atoms with E-state index in [4.69, 9.17) is 9.84 Å². The maximum absolute atomic E-state index is 11.1. The van der Waals surface area contributed by atoms with Gasteiger partial charge in [-0.1, -0.05) is 0 Å². The van der Waals surface area contributed by atoms with E-state index in [0.717, 1.165) is 0 Å². The molecule has 16 heavy (non-hydrogen) atoms. The highest BCUT2D eigenvalue weighted by Crippen LogP contribution is 2.26. The maximum Gasteiger partial charge on any atom is 0.395 e. The van der Waals surface area contributed by atoms with Crippen LogP contribution in [0, 0.1) is 0 Å². The van der Waals surface area contributed by atoms with Gasteiger partial charge in [0.2, 0.25) is 5.91 Å². The lowest BCUT2D eigenvalue weighted by molar-refractivity contribution is -0.280. The van der Waals surface area contributed by atoms with Gasteiger partial charge >= 0.3 is 11.9 Å². The number of β-lactam (4-membered cyclic amide) rings is 1. The number of hydrogen-bond donors (Lipinski definition) is 1. The fraction of sp³-hybridized carbons (Fsp3) is 0.625. The number of imide groups is 1. The molecule has 1 unspecified atom stereocenters. The predicted molar refractivity (Wildman–Crippen MR) is 44.4 cm³/mol. The van der Waals surface area contributed by atoms with Gasteiger partial charge < -0.3 is 9.84 Å². The van der Waals surface area contributed by atoms with Crippen molar-refractivity contribution in [1.82, 2.24) is 4.90 Å². The lowest BCUT2D eigenvalue weighted by atomic mass is 9.98. The molecule has 2 rings (SSSR count). The van der Waals surface area contributed by atoms with Crippen molar-refractivity contribution < 1.29 is 34.0 Å². The van der Waals surface area contributed by atoms with Crippen molar-refractivity contribution in [3.63, 3.8) is 0 Å². The number of carbonyl (C=O) groups excluding carboxylic acids is 2. The topological polar surface area (TPSA) is 102 Å². The summed E-state index contributed by atoms with van der Waals surface area (Å²) in [5.41, 5.74) is 0. The monoisotopic (exact) mass is 231 g/mol. The first-order valence-electron chi connectivity index (χ1n) is 4.59. The largest absolute Gasteiger partial charge is 0.474 e. The molecule has 0 spiro atoms. The second-order valence-corrected chi connectivity index (χ2v) is 3.40. The van der Waals surface area contributed by atoms with Crippen LogP contribution in [0.5, 0.6) is 0 Å². The van der Waals surface area contributed by atoms with Crippen LogP contribution in [-0.2, 0) is 28.9 Å². The molecule has 0 aliphatic carbocycles. The van der Waals surface area contributed by atoms with Crippen LogP contribution in [-0.4, -0.2) is 46.9 Å². The smallest absolute Gasteiger partial charge is 0.395 e. The van der Waals surface area contributed by atoms with Crippen LogP contribution >= 0.6 is 0 Å². The minimum atomic E-state index is -1.65. The third-order valence-corrected chi connectivity index (χ3v) is 2.39. The van der Waals surface area contributed by atoms with Gasteiger partial charge in [0.1, 0.15) is 0 Å². The average molecular weight is 231 g/mol. The van der Waals surface area contributed by atoms with Crippen LogP contribution in [0.1, 0.15) is 12.8 Å². The molecule has 2 heterocycles. The number of nitrogens with zero attached hydrogens (tertiary/aromatic N) is 1. The summed E-state index contributed by atoms with van der Waals surface area (Å²) in [6, 6.07) is -0.497. The third-order valence-electron chi connectivity index (χ3n) is 2.39. The molecule has 88 valence electrons. The van der Waals surface area contributed by atoms with Gasteiger partial charge in [0.05, 0.1) is 6.04 Å². The number of carboxylic acids is 1. The highest BCUT2D eigenvalue weighted by molar-refractivity contribution is 6.35. The Kier molecular flexibility index (Phi) is 2.86. The van der Waals surface area contributed by atoms with Gasteiger partial charge in [-0.25, -0.2) is 14.6 Å². The Bertz CT molecular complexity index is 335. The first-order chi connectivity index (χ1) is 7.59. The minimum Gasteiger partial charge on any atom is -0.474 e. The number of amides is 2. The Balaban J connectivity index is 1.93. The lowest BCUT2D eigenvalue weighted by Gasteiger charge is -2.37. The second-order valence-electron chi connectivity index (χ2n) is 3.40. The van der Waals surface area contributed by atoms with Crippen molar-refractivity contribution in [3.05, 3.63) is 0 Å². The average Bonchev–Trinajstić information content (AvgIpc) is 2.69. The van der Waals surface area contributed by atoms with Gasteiger partial charge in [-0.15, -0.1) is 0 Å². The van der Waals surface area contributed by atoms with Gasteiger partial charge in [-0.05, 0) is 0 Å². The van der Waals surface area contributed by atoms with Crippen molar-refractivity contribution in [2.75, 3.05) is 6.79 Å². The van der Waals surface area contributed by atoms with E-state index in [1.807, 2.05) is 0 Å². The highest BCUT2D eigenvalue weighted by Gasteiger charge is 2.45. The van der Waals surface area contributed by atoms with Gasteiger partial charge in [0.15, 0.2) is 13.1 Å². The Morgan fingerprint density at radius 1 is 1.50 bits per heavy atom. The molecule has 2 fully saturated rings. The Morgan fingerprint density at radius 2 is 2.25 bits per heavy atom. The Hall–Kier alpha value is -1.51. The molecule has 2 saturated heterocycles. The van der Waals surface area contributed by atoms with E-state index in [9.17, 15) is 14.4 Å². The van der Waals surface area contributed by atoms with Crippen molar-refractivity contribution in [3.8, 4) is 0 Å². The molecule has 2 amide bonds. The zero-order valence-electron chi connectivity index (χ0n) is 8.12. The van der Waals surface area contributed by atoms with E-state index < -0.39 is 30.1 Å². The van der Waals surface area contributed by atoms with Crippen molar-refractivity contribution >= 4 is 17.8 Å². The summed E-state index contributed by atoms with van der Waals surface area (Å²) in [5, 5.41) is 8.48. The Morgan fingerprint density at radius 3 is 2.75 bits per heavy atom. The summed E-state index contributed by atoms with van der Waals surface area (Å²) in [4.78, 5) is 42.5. The van der Waals surface area contributed by atoms with E-state index in [-0.39, 0.29) is 19.6 Å². The molecular weight excluding hydrogens is 222 g/mol.